The molecule has 4 rings (SSSR count). The lowest BCUT2D eigenvalue weighted by Crippen LogP contribution is -2.29. The van der Waals surface area contributed by atoms with Gasteiger partial charge in [-0.25, -0.2) is 8.51 Å². The highest BCUT2D eigenvalue weighted by atomic mass is 35.5. The van der Waals surface area contributed by atoms with E-state index in [2.05, 4.69) is 4.40 Å². The Labute approximate surface area is 166 Å². The van der Waals surface area contributed by atoms with E-state index in [-0.39, 0.29) is 0 Å². The van der Waals surface area contributed by atoms with Gasteiger partial charge in [-0.2, -0.15) is 4.40 Å². The standard InChI is InChI=1S/C22H17ClN2OS/c1-16-12-14-19(15-13-16)25-22(18-10-6-3-7-11-18)20(23)21(24-27(25)26)17-8-4-2-5-9-17/h2-15H,1H3. The van der Waals surface area contributed by atoms with Crippen LogP contribution in [0.15, 0.2) is 94.4 Å². The molecule has 0 saturated carbocycles. The fourth-order valence-corrected chi connectivity index (χ4v) is 4.49. The fraction of sp³-hybridized carbons (Fsp3) is 0.0455. The number of hydrogen-bond acceptors (Lipinski definition) is 1. The highest BCUT2D eigenvalue weighted by molar-refractivity contribution is 7.86. The lowest BCUT2D eigenvalue weighted by Gasteiger charge is -2.29. The maximum Gasteiger partial charge on any atom is 0.251 e. The molecular weight excluding hydrogens is 376 g/mol. The largest absolute Gasteiger partial charge is 0.251 e. The van der Waals surface area contributed by atoms with Crippen molar-refractivity contribution in [3.05, 3.63) is 107 Å². The number of hydrogen-bond donors (Lipinski definition) is 0. The molecule has 1 unspecified atom stereocenters. The molecule has 3 aromatic carbocycles. The van der Waals surface area contributed by atoms with Crippen molar-refractivity contribution in [2.45, 2.75) is 6.92 Å². The van der Waals surface area contributed by atoms with Crippen LogP contribution >= 0.6 is 11.6 Å². The van der Waals surface area contributed by atoms with E-state index in [1.54, 1.807) is 4.31 Å². The molecule has 0 aromatic heterocycles. The molecule has 1 aliphatic heterocycles. The molecule has 27 heavy (non-hydrogen) atoms. The zero-order valence-electron chi connectivity index (χ0n) is 14.7. The summed E-state index contributed by atoms with van der Waals surface area (Å²) >= 11 is 5.19. The zero-order valence-corrected chi connectivity index (χ0v) is 16.2. The zero-order chi connectivity index (χ0) is 18.8. The highest BCUT2D eigenvalue weighted by Gasteiger charge is 2.30. The first kappa shape index (κ1) is 17.7. The summed E-state index contributed by atoms with van der Waals surface area (Å²) < 4.78 is 19.2. The van der Waals surface area contributed by atoms with Crippen LogP contribution in [0.25, 0.3) is 5.70 Å². The summed E-state index contributed by atoms with van der Waals surface area (Å²) in [5, 5.41) is 0.479. The smallest absolute Gasteiger partial charge is 0.239 e. The Morgan fingerprint density at radius 1 is 0.815 bits per heavy atom. The molecule has 134 valence electrons. The fourth-order valence-electron chi connectivity index (χ4n) is 2.95. The molecule has 3 nitrogen and oxygen atoms in total. The topological polar surface area (TPSA) is 32.7 Å². The number of aryl methyl sites for hydroxylation is 1. The van der Waals surface area contributed by atoms with Crippen molar-refractivity contribution in [2.24, 2.45) is 4.40 Å². The quantitative estimate of drug-likeness (QED) is 0.580. The van der Waals surface area contributed by atoms with Crippen LogP contribution in [0.3, 0.4) is 0 Å². The molecule has 0 radical (unpaired) electrons. The van der Waals surface area contributed by atoms with Crippen LogP contribution in [-0.4, -0.2) is 9.92 Å². The first-order chi connectivity index (χ1) is 13.1. The van der Waals surface area contributed by atoms with Crippen LogP contribution in [-0.2, 0) is 11.2 Å². The third-order valence-corrected chi connectivity index (χ3v) is 5.71. The van der Waals surface area contributed by atoms with Crippen molar-refractivity contribution in [1.82, 2.24) is 0 Å². The average Bonchev–Trinajstić information content (AvgIpc) is 2.71. The van der Waals surface area contributed by atoms with Gasteiger partial charge in [0, 0.05) is 11.1 Å². The molecule has 0 bridgehead atoms. The molecule has 3 aromatic rings. The Bertz CT molecular complexity index is 1040. The van der Waals surface area contributed by atoms with Crippen LogP contribution in [0, 0.1) is 6.92 Å². The van der Waals surface area contributed by atoms with Gasteiger partial charge < -0.3 is 0 Å². The summed E-state index contributed by atoms with van der Waals surface area (Å²) in [7, 11) is 0. The molecule has 0 amide bonds. The Kier molecular flexibility index (Phi) is 4.92. The second-order valence-corrected chi connectivity index (χ2v) is 7.58. The van der Waals surface area contributed by atoms with E-state index in [9.17, 15) is 4.21 Å². The first-order valence-corrected chi connectivity index (χ1v) is 9.98. The van der Waals surface area contributed by atoms with Gasteiger partial charge in [0.2, 0.25) is 0 Å². The number of benzene rings is 3. The van der Waals surface area contributed by atoms with Gasteiger partial charge in [0.15, 0.2) is 0 Å². The van der Waals surface area contributed by atoms with E-state index in [0.717, 1.165) is 22.4 Å². The molecule has 0 aliphatic carbocycles. The van der Waals surface area contributed by atoms with Gasteiger partial charge in [0.05, 0.1) is 16.4 Å². The highest BCUT2D eigenvalue weighted by Crippen LogP contribution is 2.37. The number of allylic oxidation sites excluding steroid dienone is 1. The van der Waals surface area contributed by atoms with Crippen molar-refractivity contribution >= 4 is 39.9 Å². The van der Waals surface area contributed by atoms with E-state index in [4.69, 9.17) is 11.6 Å². The van der Waals surface area contributed by atoms with Gasteiger partial charge in [0.25, 0.3) is 11.2 Å². The summed E-state index contributed by atoms with van der Waals surface area (Å²) in [6, 6.07) is 27.2. The minimum absolute atomic E-state index is 0.479. The molecule has 5 heteroatoms. The van der Waals surface area contributed by atoms with E-state index in [0.29, 0.717) is 16.4 Å². The molecular formula is C22H17ClN2OS. The summed E-state index contributed by atoms with van der Waals surface area (Å²) in [6.07, 6.45) is 0. The van der Waals surface area contributed by atoms with E-state index in [1.165, 1.54) is 0 Å². The van der Waals surface area contributed by atoms with Gasteiger partial charge in [-0.3, -0.25) is 0 Å². The minimum Gasteiger partial charge on any atom is -0.239 e. The summed E-state index contributed by atoms with van der Waals surface area (Å²) in [5.41, 5.74) is 4.87. The predicted molar refractivity (Wildman–Crippen MR) is 114 cm³/mol. The molecule has 1 aliphatic rings. The number of rotatable bonds is 3. The second-order valence-electron chi connectivity index (χ2n) is 6.20. The maximum absolute atomic E-state index is 13.1. The van der Waals surface area contributed by atoms with Crippen molar-refractivity contribution in [3.63, 3.8) is 0 Å². The normalized spacial score (nSPS) is 17.0. The number of halogens is 1. The predicted octanol–water partition coefficient (Wildman–Crippen LogP) is 5.49. The molecule has 0 saturated heterocycles. The van der Waals surface area contributed by atoms with Gasteiger partial charge in [-0.1, -0.05) is 90.0 Å². The Balaban J connectivity index is 1.92. The van der Waals surface area contributed by atoms with Crippen LogP contribution < -0.4 is 4.31 Å². The molecule has 1 heterocycles. The average molecular weight is 393 g/mol. The summed E-state index contributed by atoms with van der Waals surface area (Å²) in [6.45, 7) is 2.02. The monoisotopic (exact) mass is 392 g/mol. The lowest BCUT2D eigenvalue weighted by molar-refractivity contribution is 0.684. The van der Waals surface area contributed by atoms with E-state index >= 15 is 0 Å². The Morgan fingerprint density at radius 2 is 1.37 bits per heavy atom. The third kappa shape index (κ3) is 3.46. The van der Waals surface area contributed by atoms with E-state index in [1.807, 2.05) is 91.9 Å². The van der Waals surface area contributed by atoms with E-state index < -0.39 is 11.2 Å². The van der Waals surface area contributed by atoms with Gasteiger partial charge in [0.1, 0.15) is 5.71 Å². The molecule has 0 fully saturated rings. The van der Waals surface area contributed by atoms with Crippen LogP contribution in [0.1, 0.15) is 16.7 Å². The van der Waals surface area contributed by atoms with Gasteiger partial charge in [-0.15, -0.1) is 0 Å². The van der Waals surface area contributed by atoms with Crippen LogP contribution in [0.4, 0.5) is 5.69 Å². The Hall–Kier alpha value is -2.69. The minimum atomic E-state index is -1.64. The van der Waals surface area contributed by atoms with Crippen molar-refractivity contribution in [2.75, 3.05) is 4.31 Å². The van der Waals surface area contributed by atoms with Gasteiger partial charge >= 0.3 is 0 Å². The molecule has 1 atom stereocenters. The van der Waals surface area contributed by atoms with Crippen molar-refractivity contribution in [1.29, 1.82) is 0 Å². The second kappa shape index (κ2) is 7.51. The number of anilines is 1. The molecule has 0 spiro atoms. The van der Waals surface area contributed by atoms with Gasteiger partial charge in [-0.05, 0) is 19.1 Å². The van der Waals surface area contributed by atoms with Crippen LogP contribution in [0.2, 0.25) is 0 Å². The number of nitrogens with zero attached hydrogens (tertiary/aromatic N) is 2. The van der Waals surface area contributed by atoms with Crippen molar-refractivity contribution < 1.29 is 4.21 Å². The SMILES string of the molecule is Cc1ccc(N2C(c3ccccc3)=C(Cl)C(c3ccccc3)=NS2=O)cc1. The maximum atomic E-state index is 13.1. The Morgan fingerprint density at radius 3 is 1.96 bits per heavy atom. The summed E-state index contributed by atoms with van der Waals surface area (Å²) in [4.78, 5) is 0. The van der Waals surface area contributed by atoms with Crippen LogP contribution in [0.5, 0.6) is 0 Å². The lowest BCUT2D eigenvalue weighted by atomic mass is 10.0. The summed E-state index contributed by atoms with van der Waals surface area (Å²) in [5.74, 6) is 0. The van der Waals surface area contributed by atoms with Crippen molar-refractivity contribution in [3.8, 4) is 0 Å². The first-order valence-electron chi connectivity index (χ1n) is 8.53. The third-order valence-electron chi connectivity index (χ3n) is 4.31. The molecule has 0 N–H and O–H groups in total.